The van der Waals surface area contributed by atoms with Gasteiger partial charge < -0.3 is 14.0 Å². The normalized spacial score (nSPS) is 11.7. The van der Waals surface area contributed by atoms with E-state index in [4.69, 9.17) is 9.47 Å². The number of benzene rings is 1. The number of ether oxygens (including phenoxy) is 2. The number of hydrogen-bond donors (Lipinski definition) is 0. The second-order valence-corrected chi connectivity index (χ2v) is 14.3. The van der Waals surface area contributed by atoms with E-state index in [1.807, 2.05) is 0 Å². The molecule has 49 heavy (non-hydrogen) atoms. The first-order chi connectivity index (χ1) is 23.3. The molecule has 7 nitrogen and oxygen atoms in total. The van der Waals surface area contributed by atoms with Crippen molar-refractivity contribution >= 4 is 22.1 Å². The van der Waals surface area contributed by atoms with Crippen LogP contribution in [0, 0.1) is 0 Å². The summed E-state index contributed by atoms with van der Waals surface area (Å²) in [6.07, 6.45) is 36.6. The molecule has 1 rings (SSSR count). The molecule has 0 bridgehead atoms. The zero-order valence-corrected chi connectivity index (χ0v) is 34.0. The molecule has 0 aromatic heterocycles. The number of carbonyl (C=O) groups is 2. The molecule has 1 aromatic rings. The van der Waals surface area contributed by atoms with Crippen LogP contribution in [-0.4, -0.2) is 38.1 Å². The van der Waals surface area contributed by atoms with E-state index in [1.165, 1.54) is 103 Å². The monoisotopic (exact) mass is 712 g/mol. The van der Waals surface area contributed by atoms with E-state index in [1.54, 1.807) is 0 Å². The molecule has 0 heterocycles. The predicted molar refractivity (Wildman–Crippen MR) is 195 cm³/mol. The van der Waals surface area contributed by atoms with E-state index in [0.29, 0.717) is 12.8 Å². The first kappa shape index (κ1) is 47.5. The average molecular weight is 713 g/mol. The summed E-state index contributed by atoms with van der Waals surface area (Å²) in [4.78, 5) is 25.1. The Morgan fingerprint density at radius 2 is 0.898 bits per heavy atom. The molecular formula is C40H65NaO7S. The first-order valence-corrected chi connectivity index (χ1v) is 20.5. The van der Waals surface area contributed by atoms with Gasteiger partial charge in [-0.1, -0.05) is 128 Å². The van der Waals surface area contributed by atoms with Crippen molar-refractivity contribution in [1.82, 2.24) is 0 Å². The molecule has 0 atom stereocenters. The number of unbranched alkanes of at least 4 members (excludes halogenated alkanes) is 20. The predicted octanol–water partition coefficient (Wildman–Crippen LogP) is 8.42. The van der Waals surface area contributed by atoms with Gasteiger partial charge in [0.25, 0.3) is 0 Å². The second-order valence-electron chi connectivity index (χ2n) is 12.9. The van der Waals surface area contributed by atoms with Crippen molar-refractivity contribution in [2.75, 3.05) is 13.2 Å². The molecule has 1 aromatic carbocycles. The van der Waals surface area contributed by atoms with Crippen LogP contribution in [0.2, 0.25) is 0 Å². The molecule has 0 spiro atoms. The number of allylic oxidation sites excluding steroid dienone is 4. The van der Waals surface area contributed by atoms with Crippen molar-refractivity contribution in [3.05, 3.63) is 53.6 Å². The summed E-state index contributed by atoms with van der Waals surface area (Å²) < 4.78 is 45.5. The van der Waals surface area contributed by atoms with Crippen LogP contribution in [0.25, 0.3) is 0 Å². The molecule has 0 saturated heterocycles. The van der Waals surface area contributed by atoms with E-state index in [0.717, 1.165) is 56.7 Å². The van der Waals surface area contributed by atoms with Gasteiger partial charge in [-0.25, -0.2) is 18.0 Å². The van der Waals surface area contributed by atoms with Gasteiger partial charge in [-0.05, 0) is 82.4 Å². The van der Waals surface area contributed by atoms with Crippen LogP contribution in [0.1, 0.15) is 189 Å². The van der Waals surface area contributed by atoms with E-state index in [9.17, 15) is 22.6 Å². The summed E-state index contributed by atoms with van der Waals surface area (Å²) in [5.74, 6) is -1.59. The van der Waals surface area contributed by atoms with Gasteiger partial charge in [0.05, 0.1) is 29.2 Å². The molecule has 0 aliphatic heterocycles. The molecule has 0 aliphatic rings. The smallest absolute Gasteiger partial charge is 0.744 e. The van der Waals surface area contributed by atoms with E-state index < -0.39 is 27.0 Å². The minimum absolute atomic E-state index is 0. The van der Waals surface area contributed by atoms with Crippen molar-refractivity contribution < 1.29 is 61.6 Å². The van der Waals surface area contributed by atoms with Gasteiger partial charge in [0.1, 0.15) is 10.1 Å². The molecule has 0 fully saturated rings. The van der Waals surface area contributed by atoms with Crippen molar-refractivity contribution in [2.24, 2.45) is 0 Å². The third-order valence-electron chi connectivity index (χ3n) is 8.50. The molecule has 0 unspecified atom stereocenters. The van der Waals surface area contributed by atoms with Gasteiger partial charge in [0.15, 0.2) is 0 Å². The summed E-state index contributed by atoms with van der Waals surface area (Å²) in [7, 11) is -4.82. The fourth-order valence-electron chi connectivity index (χ4n) is 5.50. The molecule has 0 radical (unpaired) electrons. The van der Waals surface area contributed by atoms with Crippen molar-refractivity contribution in [3.63, 3.8) is 0 Å². The minimum atomic E-state index is -4.82. The van der Waals surface area contributed by atoms with Crippen molar-refractivity contribution in [1.29, 1.82) is 0 Å². The fourth-order valence-corrected chi connectivity index (χ4v) is 6.00. The Morgan fingerprint density at radius 1 is 0.551 bits per heavy atom. The van der Waals surface area contributed by atoms with E-state index >= 15 is 0 Å². The molecular weight excluding hydrogens is 647 g/mol. The quantitative estimate of drug-likeness (QED) is 0.0250. The standard InChI is InChI=1S/C40H66O7S.Na/c1-3-5-7-9-11-13-15-17-19-21-23-25-27-29-33-46-39(41)37-32-31-36(48(43,44)45)35-38(37)40(42)47-34-30-28-26-24-22-20-18-16-14-12-10-8-6-4-2;/h21-24,31-32,35H,3-20,25-30,33-34H2,1-2H3,(H,43,44,45);/q;+1/p-1/b23-21+,24-22+;. The third-order valence-corrected chi connectivity index (χ3v) is 9.33. The minimum Gasteiger partial charge on any atom is -0.744 e. The Bertz CT molecular complexity index is 1150. The van der Waals surface area contributed by atoms with Crippen molar-refractivity contribution in [2.45, 2.75) is 173 Å². The van der Waals surface area contributed by atoms with Gasteiger partial charge in [0, 0.05) is 0 Å². The van der Waals surface area contributed by atoms with Crippen LogP contribution in [0.5, 0.6) is 0 Å². The topological polar surface area (TPSA) is 110 Å². The SMILES string of the molecule is CCCCCCCCCC/C=C/CCCCOC(=O)c1ccc(S(=O)(=O)[O-])cc1C(=O)OCCCC/C=C/CCCCCCCCCC.[Na+]. The Balaban J connectivity index is 0.0000230. The number of rotatable bonds is 31. The summed E-state index contributed by atoms with van der Waals surface area (Å²) >= 11 is 0. The van der Waals surface area contributed by atoms with Crippen LogP contribution in [0.3, 0.4) is 0 Å². The molecule has 0 amide bonds. The third kappa shape index (κ3) is 26.1. The second kappa shape index (κ2) is 32.5. The molecule has 9 heteroatoms. The van der Waals surface area contributed by atoms with Gasteiger partial charge >= 0.3 is 41.5 Å². The Morgan fingerprint density at radius 3 is 1.29 bits per heavy atom. The number of esters is 2. The maximum Gasteiger partial charge on any atom is 1.00 e. The van der Waals surface area contributed by atoms with E-state index in [2.05, 4.69) is 38.2 Å². The summed E-state index contributed by atoms with van der Waals surface area (Å²) in [6.45, 7) is 4.78. The molecule has 0 N–H and O–H groups in total. The Kier molecular flexibility index (Phi) is 31.5. The average Bonchev–Trinajstić information content (AvgIpc) is 3.07. The Hall–Kier alpha value is -1.45. The zero-order chi connectivity index (χ0) is 35.1. The van der Waals surface area contributed by atoms with Gasteiger partial charge in [-0.15, -0.1) is 0 Å². The van der Waals surface area contributed by atoms with Crippen molar-refractivity contribution in [3.8, 4) is 0 Å². The number of hydrogen-bond acceptors (Lipinski definition) is 7. The zero-order valence-electron chi connectivity index (χ0n) is 31.2. The van der Waals surface area contributed by atoms with Crippen LogP contribution in [0.15, 0.2) is 47.4 Å². The van der Waals surface area contributed by atoms with Gasteiger partial charge in [-0.2, -0.15) is 0 Å². The summed E-state index contributed by atoms with van der Waals surface area (Å²) in [6, 6.07) is 3.08. The van der Waals surface area contributed by atoms with Gasteiger partial charge in [0.2, 0.25) is 0 Å². The van der Waals surface area contributed by atoms with Gasteiger partial charge in [-0.3, -0.25) is 0 Å². The van der Waals surface area contributed by atoms with Crippen LogP contribution < -0.4 is 29.6 Å². The summed E-state index contributed by atoms with van der Waals surface area (Å²) in [5.41, 5.74) is -0.382. The number of carbonyl (C=O) groups excluding carboxylic acids is 2. The maximum absolute atomic E-state index is 12.8. The van der Waals surface area contributed by atoms with Crippen LogP contribution >= 0.6 is 0 Å². The first-order valence-electron chi connectivity index (χ1n) is 19.0. The summed E-state index contributed by atoms with van der Waals surface area (Å²) in [5, 5.41) is 0. The van der Waals surface area contributed by atoms with E-state index in [-0.39, 0.29) is 53.9 Å². The molecule has 0 saturated carbocycles. The Labute approximate surface area is 321 Å². The molecule has 0 aliphatic carbocycles. The van der Waals surface area contributed by atoms with Crippen LogP contribution in [-0.2, 0) is 19.6 Å². The largest absolute Gasteiger partial charge is 1.00 e. The maximum atomic E-state index is 12.8. The van der Waals surface area contributed by atoms with Crippen LogP contribution in [0.4, 0.5) is 0 Å². The molecule has 274 valence electrons. The fraction of sp³-hybridized carbons (Fsp3) is 0.700.